The molecule has 280 valence electrons. The van der Waals surface area contributed by atoms with Gasteiger partial charge in [-0.05, 0) is 87.5 Å². The number of benzene rings is 8. The number of aliphatic imine (C=N–C) groups is 1. The van der Waals surface area contributed by atoms with Crippen LogP contribution in [0.2, 0.25) is 0 Å². The Morgan fingerprint density at radius 1 is 0.458 bits per heavy atom. The summed E-state index contributed by atoms with van der Waals surface area (Å²) in [4.78, 5) is 5.61. The number of fused-ring (bicyclic) bond motifs is 9. The number of hydrogen-bond donors (Lipinski definition) is 1. The largest absolute Gasteiger partial charge is 0.346 e. The molecule has 3 heterocycles. The van der Waals surface area contributed by atoms with Crippen LogP contribution in [0.1, 0.15) is 42.4 Å². The molecule has 0 spiro atoms. The second-order valence-corrected chi connectivity index (χ2v) is 16.4. The van der Waals surface area contributed by atoms with Crippen molar-refractivity contribution in [2.75, 3.05) is 0 Å². The van der Waals surface area contributed by atoms with Gasteiger partial charge < -0.3 is 14.5 Å². The summed E-state index contributed by atoms with van der Waals surface area (Å²) in [7, 11) is 0. The summed E-state index contributed by atoms with van der Waals surface area (Å²) >= 11 is 0. The van der Waals surface area contributed by atoms with Gasteiger partial charge in [-0.15, -0.1) is 0 Å². The molecule has 1 atom stereocenters. The average Bonchev–Trinajstić information content (AvgIpc) is 3.88. The molecule has 2 aliphatic rings. The summed E-state index contributed by atoms with van der Waals surface area (Å²) in [5.41, 5.74) is 17.7. The van der Waals surface area contributed by atoms with E-state index in [4.69, 9.17) is 4.99 Å². The first-order valence-corrected chi connectivity index (χ1v) is 20.5. The number of rotatable bonds is 5. The zero-order valence-corrected chi connectivity index (χ0v) is 32.9. The fourth-order valence-electron chi connectivity index (χ4n) is 9.90. The molecule has 0 bridgehead atoms. The highest BCUT2D eigenvalue weighted by Gasteiger charge is 2.36. The van der Waals surface area contributed by atoms with E-state index in [-0.39, 0.29) is 5.41 Å². The van der Waals surface area contributed by atoms with Crippen LogP contribution in [0.4, 0.5) is 0 Å². The van der Waals surface area contributed by atoms with Crippen LogP contribution >= 0.6 is 0 Å². The molecule has 1 aliphatic heterocycles. The first-order chi connectivity index (χ1) is 29.0. The zero-order valence-electron chi connectivity index (χ0n) is 32.9. The summed E-state index contributed by atoms with van der Waals surface area (Å²) < 4.78 is 4.84. The number of nitrogens with one attached hydrogen (secondary N) is 1. The zero-order chi connectivity index (χ0) is 39.2. The summed E-state index contributed by atoms with van der Waals surface area (Å²) in [6.07, 6.45) is 1.82. The monoisotopic (exact) mass is 756 g/mol. The first-order valence-electron chi connectivity index (χ1n) is 20.5. The molecule has 8 aromatic carbocycles. The van der Waals surface area contributed by atoms with Gasteiger partial charge in [-0.1, -0.05) is 159 Å². The van der Waals surface area contributed by atoms with Gasteiger partial charge in [0.15, 0.2) is 0 Å². The maximum atomic E-state index is 5.61. The average molecular weight is 757 g/mol. The van der Waals surface area contributed by atoms with E-state index in [1.807, 2.05) is 0 Å². The second kappa shape index (κ2) is 12.8. The highest BCUT2D eigenvalue weighted by Crippen LogP contribution is 2.49. The summed E-state index contributed by atoms with van der Waals surface area (Å²) in [6.45, 7) is 4.69. The normalized spacial score (nSPS) is 15.6. The van der Waals surface area contributed by atoms with Gasteiger partial charge in [-0.25, -0.2) is 4.99 Å². The fourth-order valence-corrected chi connectivity index (χ4v) is 9.90. The SMILES string of the molecule is CC1(C)c2ccccc2-c2ccc(C3=NC(n4c5ccccc5c5cc6c(cc54)c4ccccc4n6-c4cccc(-c5ccccc5)c4)NC(c4ccccc4)=C3)cc21. The van der Waals surface area contributed by atoms with Crippen LogP contribution in [-0.2, 0) is 5.41 Å². The highest BCUT2D eigenvalue weighted by molar-refractivity contribution is 6.19. The van der Waals surface area contributed by atoms with Crippen LogP contribution in [0.3, 0.4) is 0 Å². The minimum Gasteiger partial charge on any atom is -0.346 e. The molecule has 0 fully saturated rings. The van der Waals surface area contributed by atoms with Crippen LogP contribution in [0, 0.1) is 0 Å². The Hall–Kier alpha value is -7.43. The molecule has 4 heteroatoms. The van der Waals surface area contributed by atoms with Gasteiger partial charge in [-0.2, -0.15) is 0 Å². The predicted octanol–water partition coefficient (Wildman–Crippen LogP) is 13.5. The van der Waals surface area contributed by atoms with Crippen molar-refractivity contribution in [3.63, 3.8) is 0 Å². The van der Waals surface area contributed by atoms with Gasteiger partial charge in [-0.3, -0.25) is 0 Å². The van der Waals surface area contributed by atoms with Crippen molar-refractivity contribution in [2.24, 2.45) is 4.99 Å². The Bertz CT molecular complexity index is 3380. The first kappa shape index (κ1) is 33.7. The van der Waals surface area contributed by atoms with Gasteiger partial charge in [0, 0.05) is 43.9 Å². The molecular weight excluding hydrogens is 717 g/mol. The van der Waals surface area contributed by atoms with Crippen molar-refractivity contribution >= 4 is 55.0 Å². The minimum absolute atomic E-state index is 0.110. The molecule has 0 saturated carbocycles. The number of allylic oxidation sites excluding steroid dienone is 1. The molecule has 0 saturated heterocycles. The van der Waals surface area contributed by atoms with Crippen molar-refractivity contribution < 1.29 is 0 Å². The summed E-state index contributed by atoms with van der Waals surface area (Å²) in [5, 5.41) is 8.74. The molecule has 1 aliphatic carbocycles. The Labute approximate surface area is 343 Å². The maximum Gasteiger partial charge on any atom is 0.201 e. The molecule has 59 heavy (non-hydrogen) atoms. The molecule has 1 unspecified atom stereocenters. The number of aromatic nitrogens is 2. The van der Waals surface area contributed by atoms with E-state index < -0.39 is 6.29 Å². The fraction of sp³-hybridized carbons (Fsp3) is 0.0727. The van der Waals surface area contributed by atoms with Crippen LogP contribution in [0.5, 0.6) is 0 Å². The smallest absolute Gasteiger partial charge is 0.201 e. The predicted molar refractivity (Wildman–Crippen MR) is 246 cm³/mol. The third-order valence-corrected chi connectivity index (χ3v) is 12.8. The molecular formula is C55H40N4. The van der Waals surface area contributed by atoms with Crippen LogP contribution in [0.15, 0.2) is 199 Å². The molecule has 0 amide bonds. The Kier molecular flexibility index (Phi) is 7.30. The maximum absolute atomic E-state index is 5.61. The van der Waals surface area contributed by atoms with Gasteiger partial charge in [0.05, 0.1) is 27.8 Å². The molecule has 10 aromatic rings. The lowest BCUT2D eigenvalue weighted by Crippen LogP contribution is -2.29. The number of hydrogen-bond acceptors (Lipinski definition) is 2. The Morgan fingerprint density at radius 2 is 1.08 bits per heavy atom. The van der Waals surface area contributed by atoms with E-state index in [2.05, 4.69) is 222 Å². The third kappa shape index (κ3) is 5.12. The lowest BCUT2D eigenvalue weighted by atomic mass is 9.81. The topological polar surface area (TPSA) is 34.2 Å². The van der Waals surface area contributed by atoms with Crippen molar-refractivity contribution in [2.45, 2.75) is 25.6 Å². The highest BCUT2D eigenvalue weighted by atomic mass is 15.3. The third-order valence-electron chi connectivity index (χ3n) is 12.8. The van der Waals surface area contributed by atoms with Crippen LogP contribution < -0.4 is 5.32 Å². The quantitative estimate of drug-likeness (QED) is 0.186. The van der Waals surface area contributed by atoms with Crippen molar-refractivity contribution in [1.29, 1.82) is 0 Å². The molecule has 1 N–H and O–H groups in total. The second-order valence-electron chi connectivity index (χ2n) is 16.4. The Morgan fingerprint density at radius 3 is 1.90 bits per heavy atom. The Balaban J connectivity index is 1.07. The van der Waals surface area contributed by atoms with Gasteiger partial charge in [0.25, 0.3) is 0 Å². The van der Waals surface area contributed by atoms with E-state index in [1.54, 1.807) is 0 Å². The van der Waals surface area contributed by atoms with Gasteiger partial charge in [0.2, 0.25) is 6.29 Å². The van der Waals surface area contributed by atoms with E-state index >= 15 is 0 Å². The van der Waals surface area contributed by atoms with Crippen molar-refractivity contribution in [3.05, 3.63) is 216 Å². The molecule has 0 radical (unpaired) electrons. The number of nitrogens with zero attached hydrogens (tertiary/aromatic N) is 3. The lowest BCUT2D eigenvalue weighted by Gasteiger charge is -2.27. The van der Waals surface area contributed by atoms with Crippen LogP contribution in [0.25, 0.3) is 77.2 Å². The number of para-hydroxylation sites is 2. The van der Waals surface area contributed by atoms with E-state index in [0.29, 0.717) is 0 Å². The lowest BCUT2D eigenvalue weighted by molar-refractivity contribution is 0.508. The van der Waals surface area contributed by atoms with Gasteiger partial charge in [0.1, 0.15) is 0 Å². The molecule has 4 nitrogen and oxygen atoms in total. The van der Waals surface area contributed by atoms with Crippen LogP contribution in [-0.4, -0.2) is 14.8 Å². The standard InChI is InChI=1S/C55H40N4/c1-55(2)46-25-12-9-22-40(46)41-29-28-38(31-47(41)55)49-34-48(36-18-7-4-8-19-36)56-54(57-49)59-51-27-14-11-24-43(51)45-32-52-44(33-53(45)59)42-23-10-13-26-50(42)58(52)39-21-15-20-37(30-39)35-16-5-3-6-17-35/h3-34,54,56H,1-2H3. The van der Waals surface area contributed by atoms with Crippen molar-refractivity contribution in [3.8, 4) is 27.9 Å². The summed E-state index contributed by atoms with van der Waals surface area (Å²) in [6, 6.07) is 68.4. The van der Waals surface area contributed by atoms with Gasteiger partial charge >= 0.3 is 0 Å². The van der Waals surface area contributed by atoms with E-state index in [1.165, 1.54) is 66.0 Å². The summed E-state index contributed by atoms with van der Waals surface area (Å²) in [5.74, 6) is 0. The minimum atomic E-state index is -0.403. The van der Waals surface area contributed by atoms with E-state index in [9.17, 15) is 0 Å². The van der Waals surface area contributed by atoms with Crippen molar-refractivity contribution in [1.82, 2.24) is 14.5 Å². The molecule has 12 rings (SSSR count). The molecule has 2 aromatic heterocycles. The van der Waals surface area contributed by atoms with E-state index in [0.717, 1.165) is 39.3 Å².